The lowest BCUT2D eigenvalue weighted by molar-refractivity contribution is -0.148. The summed E-state index contributed by atoms with van der Waals surface area (Å²) in [5, 5.41) is 7.75. The standard InChI is InChI=1S/C22H22F2N4O5S/c1-32-18-16(26-15(19(34)27-18)14(25)17(29)21(31)33-2)20(30)28-9-7-22(24,8-10-28)11-12-3-5-13(23)6-4-12/h3-6,25H,7-11H2,1-2H3,(H,27,34). The molecule has 180 valence electrons. The maximum atomic E-state index is 15.4. The van der Waals surface area contributed by atoms with E-state index in [9.17, 15) is 18.8 Å². The molecule has 1 aromatic heterocycles. The van der Waals surface area contributed by atoms with Crippen molar-refractivity contribution in [3.05, 3.63) is 47.0 Å². The monoisotopic (exact) mass is 492 g/mol. The highest BCUT2D eigenvalue weighted by molar-refractivity contribution is 7.80. The topological polar surface area (TPSA) is 123 Å². The molecule has 1 fully saturated rings. The lowest BCUT2D eigenvalue weighted by Crippen LogP contribution is -2.46. The molecule has 34 heavy (non-hydrogen) atoms. The molecule has 1 aliphatic heterocycles. The van der Waals surface area contributed by atoms with Gasteiger partial charge in [0.25, 0.3) is 11.7 Å². The van der Waals surface area contributed by atoms with Gasteiger partial charge in [0, 0.05) is 19.5 Å². The van der Waals surface area contributed by atoms with Crippen LogP contribution in [0.25, 0.3) is 0 Å². The average molecular weight is 493 g/mol. The number of esters is 1. The molecular weight excluding hydrogens is 470 g/mol. The Morgan fingerprint density at radius 3 is 2.29 bits per heavy atom. The minimum absolute atomic E-state index is 0.0417. The van der Waals surface area contributed by atoms with Gasteiger partial charge in [0.1, 0.15) is 27.9 Å². The van der Waals surface area contributed by atoms with Crippen LogP contribution in [0.1, 0.15) is 34.6 Å². The van der Waals surface area contributed by atoms with Crippen molar-refractivity contribution in [2.24, 2.45) is 0 Å². The Kier molecular flexibility index (Phi) is 7.60. The Hall–Kier alpha value is -3.41. The van der Waals surface area contributed by atoms with Gasteiger partial charge in [-0.05, 0) is 30.5 Å². The molecule has 2 aromatic rings. The number of benzene rings is 1. The summed E-state index contributed by atoms with van der Waals surface area (Å²) in [6, 6.07) is 5.60. The minimum Gasteiger partial charge on any atom is -0.479 e. The number of rotatable bonds is 7. The fraction of sp³-hybridized carbons (Fsp3) is 0.364. The number of likely N-dealkylation sites (tertiary alicyclic amines) is 1. The Morgan fingerprint density at radius 2 is 1.74 bits per heavy atom. The van der Waals surface area contributed by atoms with Gasteiger partial charge in [-0.15, -0.1) is 12.6 Å². The Bertz CT molecular complexity index is 1130. The number of Topliss-reactive ketones (excluding diaryl/α,β-unsaturated/α-hetero) is 1. The summed E-state index contributed by atoms with van der Waals surface area (Å²) in [4.78, 5) is 46.0. The van der Waals surface area contributed by atoms with Crippen LogP contribution in [0.15, 0.2) is 29.3 Å². The van der Waals surface area contributed by atoms with Crippen molar-refractivity contribution >= 4 is 36.0 Å². The first-order valence-electron chi connectivity index (χ1n) is 10.2. The number of alkyl halides is 1. The van der Waals surface area contributed by atoms with E-state index < -0.39 is 40.6 Å². The van der Waals surface area contributed by atoms with E-state index in [1.54, 1.807) is 0 Å². The van der Waals surface area contributed by atoms with Gasteiger partial charge in [0.2, 0.25) is 5.88 Å². The summed E-state index contributed by atoms with van der Waals surface area (Å²) in [6.07, 6.45) is 0.170. The Balaban J connectivity index is 1.79. The Morgan fingerprint density at radius 1 is 1.12 bits per heavy atom. The van der Waals surface area contributed by atoms with Crippen molar-refractivity contribution in [3.63, 3.8) is 0 Å². The largest absolute Gasteiger partial charge is 0.479 e. The van der Waals surface area contributed by atoms with Crippen molar-refractivity contribution in [3.8, 4) is 5.88 Å². The molecule has 0 unspecified atom stereocenters. The third-order valence-corrected chi connectivity index (χ3v) is 5.77. The van der Waals surface area contributed by atoms with Gasteiger partial charge < -0.3 is 14.4 Å². The summed E-state index contributed by atoms with van der Waals surface area (Å²) in [5.74, 6) is -3.79. The van der Waals surface area contributed by atoms with E-state index in [-0.39, 0.29) is 49.0 Å². The first kappa shape index (κ1) is 25.2. The van der Waals surface area contributed by atoms with Crippen molar-refractivity contribution in [2.75, 3.05) is 27.3 Å². The molecule has 1 amide bonds. The number of thiol groups is 1. The smallest absolute Gasteiger partial charge is 0.381 e. The number of ether oxygens (including phenoxy) is 2. The second-order valence-electron chi connectivity index (χ2n) is 7.70. The Labute approximate surface area is 199 Å². The number of carbonyl (C=O) groups excluding carboxylic acids is 3. The zero-order chi connectivity index (χ0) is 25.0. The van der Waals surface area contributed by atoms with E-state index in [0.29, 0.717) is 5.56 Å². The van der Waals surface area contributed by atoms with E-state index in [2.05, 4.69) is 27.3 Å². The number of nitrogens with one attached hydrogen (secondary N) is 1. The van der Waals surface area contributed by atoms with Gasteiger partial charge in [-0.3, -0.25) is 15.0 Å². The molecule has 2 heterocycles. The number of nitrogens with zero attached hydrogens (tertiary/aromatic N) is 3. The molecule has 0 spiro atoms. The van der Waals surface area contributed by atoms with E-state index in [1.807, 2.05) is 0 Å². The molecule has 0 aliphatic carbocycles. The first-order chi connectivity index (χ1) is 16.1. The molecule has 1 aliphatic rings. The summed E-state index contributed by atoms with van der Waals surface area (Å²) >= 11 is 4.08. The maximum Gasteiger partial charge on any atom is 0.381 e. The van der Waals surface area contributed by atoms with Crippen molar-refractivity contribution < 1.29 is 32.6 Å². The predicted octanol–water partition coefficient (Wildman–Crippen LogP) is 2.21. The SMILES string of the molecule is COC(=O)C(=O)C(=N)c1nc(C(=O)N2CCC(F)(Cc3ccc(F)cc3)CC2)c(OC)nc1S. The molecule has 1 saturated heterocycles. The van der Waals surface area contributed by atoms with Crippen molar-refractivity contribution in [2.45, 2.75) is 30.0 Å². The number of halogens is 2. The van der Waals surface area contributed by atoms with Crippen LogP contribution in [0, 0.1) is 11.2 Å². The van der Waals surface area contributed by atoms with Gasteiger partial charge in [0.05, 0.1) is 14.2 Å². The lowest BCUT2D eigenvalue weighted by Gasteiger charge is -2.36. The fourth-order valence-corrected chi connectivity index (χ4v) is 3.82. The number of hydrogen-bond donors (Lipinski definition) is 2. The van der Waals surface area contributed by atoms with Crippen LogP contribution in [0.3, 0.4) is 0 Å². The number of hydrogen-bond acceptors (Lipinski definition) is 9. The van der Waals surface area contributed by atoms with E-state index in [1.165, 1.54) is 36.3 Å². The number of amides is 1. The molecular formula is C22H22F2N4O5S. The summed E-state index contributed by atoms with van der Waals surface area (Å²) < 4.78 is 37.9. The van der Waals surface area contributed by atoms with E-state index in [0.717, 1.165) is 7.11 Å². The van der Waals surface area contributed by atoms with Crippen LogP contribution in [-0.2, 0) is 20.7 Å². The third kappa shape index (κ3) is 5.38. The molecule has 3 rings (SSSR count). The lowest BCUT2D eigenvalue weighted by atomic mass is 9.87. The average Bonchev–Trinajstić information content (AvgIpc) is 2.83. The summed E-state index contributed by atoms with van der Waals surface area (Å²) in [5.41, 5.74) is -2.46. The van der Waals surface area contributed by atoms with Crippen LogP contribution < -0.4 is 4.74 Å². The van der Waals surface area contributed by atoms with Gasteiger partial charge in [-0.1, -0.05) is 12.1 Å². The van der Waals surface area contributed by atoms with Crippen LogP contribution in [0.5, 0.6) is 5.88 Å². The molecule has 12 heteroatoms. The van der Waals surface area contributed by atoms with Crippen LogP contribution in [-0.4, -0.2) is 71.2 Å². The highest BCUT2D eigenvalue weighted by atomic mass is 32.1. The predicted molar refractivity (Wildman–Crippen MR) is 119 cm³/mol. The highest BCUT2D eigenvalue weighted by Crippen LogP contribution is 2.32. The number of piperidine rings is 1. The number of aromatic nitrogens is 2. The zero-order valence-electron chi connectivity index (χ0n) is 18.4. The second-order valence-corrected chi connectivity index (χ2v) is 8.12. The van der Waals surface area contributed by atoms with Crippen LogP contribution >= 0.6 is 12.6 Å². The van der Waals surface area contributed by atoms with Crippen molar-refractivity contribution in [1.82, 2.24) is 14.9 Å². The van der Waals surface area contributed by atoms with Gasteiger partial charge in [-0.2, -0.15) is 0 Å². The first-order valence-corrected chi connectivity index (χ1v) is 10.6. The van der Waals surface area contributed by atoms with Crippen molar-refractivity contribution in [1.29, 1.82) is 5.41 Å². The normalized spacial score (nSPS) is 14.9. The summed E-state index contributed by atoms with van der Waals surface area (Å²) in [7, 11) is 2.24. The number of ketones is 1. The highest BCUT2D eigenvalue weighted by Gasteiger charge is 2.38. The van der Waals surface area contributed by atoms with Crippen LogP contribution in [0.4, 0.5) is 8.78 Å². The zero-order valence-corrected chi connectivity index (χ0v) is 19.3. The molecule has 9 nitrogen and oxygen atoms in total. The molecule has 1 N–H and O–H groups in total. The molecule has 1 aromatic carbocycles. The van der Waals surface area contributed by atoms with Gasteiger partial charge >= 0.3 is 5.97 Å². The van der Waals surface area contributed by atoms with E-state index in [4.69, 9.17) is 10.1 Å². The molecule has 0 saturated carbocycles. The molecule has 0 atom stereocenters. The molecule has 0 bridgehead atoms. The van der Waals surface area contributed by atoms with E-state index >= 15 is 4.39 Å². The second kappa shape index (κ2) is 10.2. The van der Waals surface area contributed by atoms with Gasteiger partial charge in [0.15, 0.2) is 5.69 Å². The number of methoxy groups -OCH3 is 2. The summed E-state index contributed by atoms with van der Waals surface area (Å²) in [6.45, 7) is 0.135. The van der Waals surface area contributed by atoms with Crippen LogP contribution in [0.2, 0.25) is 0 Å². The third-order valence-electron chi connectivity index (χ3n) is 5.46. The fourth-order valence-electron chi connectivity index (χ4n) is 3.57. The minimum atomic E-state index is -1.57. The molecule has 0 radical (unpaired) electrons. The quantitative estimate of drug-likeness (QED) is 0.263. The maximum absolute atomic E-state index is 15.4. The number of carbonyl (C=O) groups is 3. The van der Waals surface area contributed by atoms with Gasteiger partial charge in [-0.25, -0.2) is 23.5 Å².